The fraction of sp³-hybridized carbons (Fsp3) is 1.00. The molecule has 2 nitrogen and oxygen atoms in total. The van der Waals surface area contributed by atoms with Gasteiger partial charge in [-0.2, -0.15) is 0 Å². The Kier molecular flexibility index (Phi) is 16.3. The van der Waals surface area contributed by atoms with Crippen molar-refractivity contribution in [3.8, 4) is 0 Å². The summed E-state index contributed by atoms with van der Waals surface area (Å²) in [6.07, 6.45) is 5.93. The molecule has 0 spiro atoms. The molecule has 12 heavy (non-hydrogen) atoms. The first-order valence-electron chi connectivity index (χ1n) is 4.97. The molecule has 0 heterocycles. The van der Waals surface area contributed by atoms with Crippen molar-refractivity contribution in [1.82, 2.24) is 0 Å². The predicted molar refractivity (Wildman–Crippen MR) is 53.2 cm³/mol. The smallest absolute Gasteiger partial charge is 0.0512 e. The number of aliphatic hydroxyl groups is 2. The first-order valence-corrected chi connectivity index (χ1v) is 4.97. The van der Waals surface area contributed by atoms with Crippen LogP contribution in [0.5, 0.6) is 0 Å². The summed E-state index contributed by atoms with van der Waals surface area (Å²) in [4.78, 5) is 0. The van der Waals surface area contributed by atoms with E-state index < -0.39 is 0 Å². The second-order valence-corrected chi connectivity index (χ2v) is 3.01. The van der Waals surface area contributed by atoms with Crippen LogP contribution in [0.3, 0.4) is 0 Å². The van der Waals surface area contributed by atoms with Crippen molar-refractivity contribution in [2.45, 2.75) is 59.0 Å². The number of hydrogen-bond donors (Lipinski definition) is 2. The Morgan fingerprint density at radius 2 is 1.58 bits per heavy atom. The van der Waals surface area contributed by atoms with Gasteiger partial charge in [-0.1, -0.05) is 32.6 Å². The molecule has 1 atom stereocenters. The predicted octanol–water partition coefficient (Wildman–Crippen LogP) is 2.34. The molecule has 0 radical (unpaired) electrons. The molecule has 2 heteroatoms. The monoisotopic (exact) mass is 176 g/mol. The quantitative estimate of drug-likeness (QED) is 0.631. The molecule has 0 rings (SSSR count). The van der Waals surface area contributed by atoms with E-state index in [-0.39, 0.29) is 12.7 Å². The lowest BCUT2D eigenvalue weighted by Crippen LogP contribution is -1.97. The molecule has 0 amide bonds. The van der Waals surface area contributed by atoms with Crippen LogP contribution in [0, 0.1) is 0 Å². The number of aliphatic hydroxyl groups excluding tert-OH is 2. The molecular weight excluding hydrogens is 152 g/mol. The van der Waals surface area contributed by atoms with Gasteiger partial charge in [-0.15, -0.1) is 0 Å². The van der Waals surface area contributed by atoms with Crippen molar-refractivity contribution in [2.75, 3.05) is 6.61 Å². The molecule has 0 saturated heterocycles. The van der Waals surface area contributed by atoms with Gasteiger partial charge < -0.3 is 10.2 Å². The summed E-state index contributed by atoms with van der Waals surface area (Å²) in [5.41, 5.74) is 0. The fourth-order valence-electron chi connectivity index (χ4n) is 0.867. The van der Waals surface area contributed by atoms with E-state index in [1.807, 2.05) is 6.92 Å². The topological polar surface area (TPSA) is 40.5 Å². The van der Waals surface area contributed by atoms with Gasteiger partial charge in [-0.3, -0.25) is 0 Å². The van der Waals surface area contributed by atoms with Gasteiger partial charge in [0.25, 0.3) is 0 Å². The van der Waals surface area contributed by atoms with Gasteiger partial charge in [-0.05, 0) is 20.3 Å². The Balaban J connectivity index is 0. The normalized spacial score (nSPS) is 11.8. The zero-order chi connectivity index (χ0) is 9.82. The van der Waals surface area contributed by atoms with Gasteiger partial charge in [0.05, 0.1) is 6.10 Å². The maximum Gasteiger partial charge on any atom is 0.0512 e. The highest BCUT2D eigenvalue weighted by atomic mass is 16.3. The van der Waals surface area contributed by atoms with Crippen LogP contribution in [0.25, 0.3) is 0 Å². The van der Waals surface area contributed by atoms with E-state index in [4.69, 9.17) is 10.2 Å². The van der Waals surface area contributed by atoms with Crippen LogP contribution in [0.2, 0.25) is 0 Å². The van der Waals surface area contributed by atoms with Crippen LogP contribution in [-0.2, 0) is 0 Å². The Bertz CT molecular complexity index is 62.9. The Hall–Kier alpha value is -0.0800. The van der Waals surface area contributed by atoms with E-state index in [0.29, 0.717) is 0 Å². The average Bonchev–Trinajstić information content (AvgIpc) is 1.99. The number of rotatable bonds is 5. The molecule has 0 aliphatic carbocycles. The first kappa shape index (κ1) is 14.4. The minimum absolute atomic E-state index is 0.0955. The Morgan fingerprint density at radius 1 is 1.08 bits per heavy atom. The zero-order valence-electron chi connectivity index (χ0n) is 8.71. The van der Waals surface area contributed by atoms with Crippen LogP contribution in [0.15, 0.2) is 0 Å². The highest BCUT2D eigenvalue weighted by molar-refractivity contribution is 4.47. The van der Waals surface area contributed by atoms with Crippen LogP contribution >= 0.6 is 0 Å². The summed E-state index contributed by atoms with van der Waals surface area (Å²) < 4.78 is 0. The molecule has 0 aliphatic heterocycles. The second-order valence-electron chi connectivity index (χ2n) is 3.01. The molecule has 0 aliphatic rings. The minimum atomic E-state index is -0.0955. The van der Waals surface area contributed by atoms with Gasteiger partial charge in [-0.25, -0.2) is 0 Å². The summed E-state index contributed by atoms with van der Waals surface area (Å²) in [5, 5.41) is 16.4. The Labute approximate surface area is 76.6 Å². The minimum Gasteiger partial charge on any atom is -0.397 e. The third-order valence-electron chi connectivity index (χ3n) is 1.48. The molecule has 0 aromatic heterocycles. The lowest BCUT2D eigenvalue weighted by atomic mass is 10.1. The fourth-order valence-corrected chi connectivity index (χ4v) is 0.867. The summed E-state index contributed by atoms with van der Waals surface area (Å²) >= 11 is 0. The van der Waals surface area contributed by atoms with Crippen LogP contribution in [0.4, 0.5) is 0 Å². The van der Waals surface area contributed by atoms with Crippen molar-refractivity contribution < 1.29 is 10.2 Å². The highest BCUT2D eigenvalue weighted by Crippen LogP contribution is 2.04. The zero-order valence-corrected chi connectivity index (χ0v) is 8.71. The average molecular weight is 176 g/mol. The van der Waals surface area contributed by atoms with E-state index >= 15 is 0 Å². The Morgan fingerprint density at radius 3 is 1.92 bits per heavy atom. The molecule has 0 saturated carbocycles. The van der Waals surface area contributed by atoms with E-state index in [2.05, 4.69) is 6.92 Å². The maximum atomic E-state index is 8.85. The third kappa shape index (κ3) is 22.5. The number of hydrogen-bond acceptors (Lipinski definition) is 2. The first-order chi connectivity index (χ1) is 5.68. The molecule has 0 aromatic carbocycles. The summed E-state index contributed by atoms with van der Waals surface area (Å²) in [5.74, 6) is 0. The maximum absolute atomic E-state index is 8.85. The molecule has 0 fully saturated rings. The molecular formula is C10H24O2. The molecule has 76 valence electrons. The van der Waals surface area contributed by atoms with Crippen LogP contribution in [0.1, 0.15) is 52.9 Å². The lowest BCUT2D eigenvalue weighted by Gasteiger charge is -2.01. The largest absolute Gasteiger partial charge is 0.397 e. The SMILES string of the molecule is CCCCCCC(C)O.CCO. The van der Waals surface area contributed by atoms with Gasteiger partial charge in [0.2, 0.25) is 0 Å². The van der Waals surface area contributed by atoms with Gasteiger partial charge in [0.15, 0.2) is 0 Å². The van der Waals surface area contributed by atoms with Gasteiger partial charge in [0, 0.05) is 6.61 Å². The lowest BCUT2D eigenvalue weighted by molar-refractivity contribution is 0.180. The van der Waals surface area contributed by atoms with Crippen LogP contribution in [-0.4, -0.2) is 22.9 Å². The molecule has 0 aromatic rings. The van der Waals surface area contributed by atoms with Gasteiger partial charge >= 0.3 is 0 Å². The van der Waals surface area contributed by atoms with Crippen molar-refractivity contribution in [3.05, 3.63) is 0 Å². The van der Waals surface area contributed by atoms with Crippen molar-refractivity contribution >= 4 is 0 Å². The second kappa shape index (κ2) is 13.5. The number of unbranched alkanes of at least 4 members (excludes halogenated alkanes) is 3. The summed E-state index contributed by atoms with van der Waals surface area (Å²) in [7, 11) is 0. The standard InChI is InChI=1S/C8H18O.C2H6O/c1-3-4-5-6-7-8(2)9;1-2-3/h8-9H,3-7H2,1-2H3;3H,2H2,1H3. The van der Waals surface area contributed by atoms with Gasteiger partial charge in [0.1, 0.15) is 0 Å². The van der Waals surface area contributed by atoms with E-state index in [1.165, 1.54) is 25.7 Å². The summed E-state index contributed by atoms with van der Waals surface area (Å²) in [6, 6.07) is 0. The van der Waals surface area contributed by atoms with Crippen molar-refractivity contribution in [3.63, 3.8) is 0 Å². The third-order valence-corrected chi connectivity index (χ3v) is 1.48. The molecule has 2 N–H and O–H groups in total. The van der Waals surface area contributed by atoms with Crippen molar-refractivity contribution in [2.24, 2.45) is 0 Å². The summed E-state index contributed by atoms with van der Waals surface area (Å²) in [6.45, 7) is 5.98. The van der Waals surface area contributed by atoms with E-state index in [0.717, 1.165) is 6.42 Å². The van der Waals surface area contributed by atoms with Crippen LogP contribution < -0.4 is 0 Å². The van der Waals surface area contributed by atoms with E-state index in [1.54, 1.807) is 6.92 Å². The highest BCUT2D eigenvalue weighted by Gasteiger charge is 1.93. The molecule has 1 unspecified atom stereocenters. The van der Waals surface area contributed by atoms with Crippen molar-refractivity contribution in [1.29, 1.82) is 0 Å². The molecule has 0 bridgehead atoms. The van der Waals surface area contributed by atoms with E-state index in [9.17, 15) is 0 Å².